The van der Waals surface area contributed by atoms with Gasteiger partial charge >= 0.3 is 5.97 Å². The number of pyridine rings is 1. The van der Waals surface area contributed by atoms with Crippen LogP contribution in [0.25, 0.3) is 21.9 Å². The highest BCUT2D eigenvalue weighted by molar-refractivity contribution is 6.01. The van der Waals surface area contributed by atoms with Gasteiger partial charge in [0.2, 0.25) is 0 Å². The van der Waals surface area contributed by atoms with Crippen molar-refractivity contribution in [1.82, 2.24) is 15.0 Å². The van der Waals surface area contributed by atoms with Crippen LogP contribution in [0.1, 0.15) is 43.4 Å². The minimum Gasteiger partial charge on any atom is -0.448 e. The van der Waals surface area contributed by atoms with E-state index < -0.39 is 5.60 Å². The lowest BCUT2D eigenvalue weighted by atomic mass is 9.93. The first kappa shape index (κ1) is 18.2. The third kappa shape index (κ3) is 3.36. The molecule has 0 saturated heterocycles. The fraction of sp³-hybridized carbons (Fsp3) is 0.261. The summed E-state index contributed by atoms with van der Waals surface area (Å²) in [6, 6.07) is 17.0. The number of benzene rings is 2. The second kappa shape index (κ2) is 7.08. The molecule has 5 nitrogen and oxygen atoms in total. The van der Waals surface area contributed by atoms with E-state index in [1.54, 1.807) is 18.3 Å². The first-order valence-corrected chi connectivity index (χ1v) is 9.48. The molecule has 4 aromatic rings. The molecular formula is C23H23N3O2. The van der Waals surface area contributed by atoms with Crippen molar-refractivity contribution in [3.8, 4) is 0 Å². The molecule has 0 amide bonds. The van der Waals surface area contributed by atoms with Gasteiger partial charge in [0.25, 0.3) is 0 Å². The minimum absolute atomic E-state index is 0.316. The highest BCUT2D eigenvalue weighted by Gasteiger charge is 2.36. The molecule has 2 aromatic heterocycles. The summed E-state index contributed by atoms with van der Waals surface area (Å²) in [7, 11) is 0. The molecule has 0 aliphatic heterocycles. The van der Waals surface area contributed by atoms with Gasteiger partial charge in [0.15, 0.2) is 11.4 Å². The second-order valence-electron chi connectivity index (χ2n) is 7.71. The maximum absolute atomic E-state index is 12.8. The van der Waals surface area contributed by atoms with Crippen molar-refractivity contribution in [1.29, 1.82) is 0 Å². The van der Waals surface area contributed by atoms with Crippen LogP contribution in [-0.2, 0) is 10.3 Å². The number of carbonyl (C=O) groups is 1. The number of H-pyrrole nitrogens is 1. The third-order valence-corrected chi connectivity index (χ3v) is 4.86. The van der Waals surface area contributed by atoms with Crippen molar-refractivity contribution < 1.29 is 9.53 Å². The Balaban J connectivity index is 1.78. The maximum atomic E-state index is 12.8. The molecule has 1 atom stereocenters. The molecule has 2 aromatic carbocycles. The van der Waals surface area contributed by atoms with Crippen LogP contribution in [0.15, 0.2) is 60.8 Å². The predicted octanol–water partition coefficient (Wildman–Crippen LogP) is 5.23. The molecule has 0 fully saturated rings. The summed E-state index contributed by atoms with van der Waals surface area (Å²) < 4.78 is 6.01. The van der Waals surface area contributed by atoms with Crippen molar-refractivity contribution in [2.24, 2.45) is 5.92 Å². The maximum Gasteiger partial charge on any atom is 0.339 e. The van der Waals surface area contributed by atoms with Crippen LogP contribution in [0, 0.1) is 5.92 Å². The number of aromatic nitrogens is 3. The summed E-state index contributed by atoms with van der Waals surface area (Å²) in [5.74, 6) is 0.600. The van der Waals surface area contributed by atoms with E-state index in [2.05, 4.69) is 23.8 Å². The number of esters is 1. The lowest BCUT2D eigenvalue weighted by molar-refractivity contribution is -0.0261. The van der Waals surface area contributed by atoms with E-state index in [1.807, 2.05) is 49.4 Å². The molecule has 0 radical (unpaired) electrons. The molecule has 4 rings (SSSR count). The molecule has 142 valence electrons. The van der Waals surface area contributed by atoms with Crippen LogP contribution in [0.3, 0.4) is 0 Å². The van der Waals surface area contributed by atoms with E-state index in [9.17, 15) is 4.79 Å². The number of ether oxygens (including phenoxy) is 1. The van der Waals surface area contributed by atoms with E-state index in [0.29, 0.717) is 23.7 Å². The summed E-state index contributed by atoms with van der Waals surface area (Å²) in [6.07, 6.45) is 2.41. The van der Waals surface area contributed by atoms with Crippen LogP contribution in [-0.4, -0.2) is 20.9 Å². The van der Waals surface area contributed by atoms with Gasteiger partial charge in [-0.25, -0.2) is 9.78 Å². The Bertz CT molecular complexity index is 1130. The second-order valence-corrected chi connectivity index (χ2v) is 7.71. The van der Waals surface area contributed by atoms with Gasteiger partial charge in [-0.2, -0.15) is 0 Å². The van der Waals surface area contributed by atoms with E-state index >= 15 is 0 Å². The fourth-order valence-corrected chi connectivity index (χ4v) is 3.67. The Hall–Kier alpha value is -3.21. The Morgan fingerprint density at radius 2 is 1.79 bits per heavy atom. The molecule has 2 heterocycles. The Labute approximate surface area is 163 Å². The Morgan fingerprint density at radius 1 is 1.07 bits per heavy atom. The minimum atomic E-state index is -0.874. The summed E-state index contributed by atoms with van der Waals surface area (Å²) in [5.41, 5.74) is 2.23. The van der Waals surface area contributed by atoms with Gasteiger partial charge in [-0.3, -0.25) is 4.98 Å². The standard InChI is InChI=1S/C23H23N3O2/c1-15(2)13-23(3,28-21(27)16-9-5-4-6-10-16)22-25-19-14-24-18-12-8-7-11-17(18)20(19)26-22/h4-12,14-15H,13H2,1-3H3,(H,25,26). The molecule has 0 bridgehead atoms. The van der Waals surface area contributed by atoms with E-state index in [-0.39, 0.29) is 5.97 Å². The molecule has 0 spiro atoms. The van der Waals surface area contributed by atoms with Gasteiger partial charge in [-0.1, -0.05) is 50.2 Å². The number of carbonyl (C=O) groups excluding carboxylic acids is 1. The number of rotatable bonds is 5. The molecule has 1 unspecified atom stereocenters. The summed E-state index contributed by atoms with van der Waals surface area (Å²) in [5, 5.41) is 1.00. The molecule has 0 aliphatic carbocycles. The summed E-state index contributed by atoms with van der Waals surface area (Å²) >= 11 is 0. The number of fused-ring (bicyclic) bond motifs is 3. The third-order valence-electron chi connectivity index (χ3n) is 4.86. The lowest BCUT2D eigenvalue weighted by Gasteiger charge is -2.29. The first-order valence-electron chi connectivity index (χ1n) is 9.48. The zero-order chi connectivity index (χ0) is 19.7. The van der Waals surface area contributed by atoms with E-state index in [0.717, 1.165) is 21.9 Å². The lowest BCUT2D eigenvalue weighted by Crippen LogP contribution is -2.32. The van der Waals surface area contributed by atoms with Gasteiger partial charge in [-0.15, -0.1) is 0 Å². The smallest absolute Gasteiger partial charge is 0.339 e. The normalized spacial score (nSPS) is 13.7. The van der Waals surface area contributed by atoms with Gasteiger partial charge in [0.05, 0.1) is 22.8 Å². The van der Waals surface area contributed by atoms with E-state index in [1.165, 1.54) is 0 Å². The number of nitrogens with one attached hydrogen (secondary N) is 1. The van der Waals surface area contributed by atoms with Crippen LogP contribution < -0.4 is 0 Å². The number of hydrogen-bond donors (Lipinski definition) is 1. The molecule has 0 saturated carbocycles. The average Bonchev–Trinajstić information content (AvgIpc) is 3.14. The first-order chi connectivity index (χ1) is 13.5. The summed E-state index contributed by atoms with van der Waals surface area (Å²) in [6.45, 7) is 6.13. The van der Waals surface area contributed by atoms with Crippen molar-refractivity contribution in [2.45, 2.75) is 32.8 Å². The molecular weight excluding hydrogens is 350 g/mol. The van der Waals surface area contributed by atoms with Crippen LogP contribution in [0.5, 0.6) is 0 Å². The van der Waals surface area contributed by atoms with Gasteiger partial charge < -0.3 is 9.72 Å². The Morgan fingerprint density at radius 3 is 2.54 bits per heavy atom. The number of nitrogens with zero attached hydrogens (tertiary/aromatic N) is 2. The zero-order valence-corrected chi connectivity index (χ0v) is 16.3. The zero-order valence-electron chi connectivity index (χ0n) is 16.3. The monoisotopic (exact) mass is 373 g/mol. The average molecular weight is 373 g/mol. The number of imidazole rings is 1. The van der Waals surface area contributed by atoms with Crippen molar-refractivity contribution in [2.75, 3.05) is 0 Å². The van der Waals surface area contributed by atoms with Crippen LogP contribution >= 0.6 is 0 Å². The molecule has 28 heavy (non-hydrogen) atoms. The predicted molar refractivity (Wildman–Crippen MR) is 110 cm³/mol. The highest BCUT2D eigenvalue weighted by atomic mass is 16.6. The summed E-state index contributed by atoms with van der Waals surface area (Å²) in [4.78, 5) is 25.4. The van der Waals surface area contributed by atoms with Gasteiger partial charge in [0.1, 0.15) is 5.52 Å². The molecule has 0 aliphatic rings. The van der Waals surface area contributed by atoms with Crippen molar-refractivity contribution in [3.05, 3.63) is 72.2 Å². The quantitative estimate of drug-likeness (QED) is 0.486. The molecule has 1 N–H and O–H groups in total. The van der Waals surface area contributed by atoms with Crippen molar-refractivity contribution in [3.63, 3.8) is 0 Å². The number of para-hydroxylation sites is 1. The number of aromatic amines is 1. The largest absolute Gasteiger partial charge is 0.448 e. The van der Waals surface area contributed by atoms with Gasteiger partial charge in [0, 0.05) is 5.39 Å². The van der Waals surface area contributed by atoms with Crippen molar-refractivity contribution >= 4 is 27.9 Å². The van der Waals surface area contributed by atoms with Crippen LogP contribution in [0.4, 0.5) is 0 Å². The van der Waals surface area contributed by atoms with Crippen LogP contribution in [0.2, 0.25) is 0 Å². The fourth-order valence-electron chi connectivity index (χ4n) is 3.67. The van der Waals surface area contributed by atoms with E-state index in [4.69, 9.17) is 9.72 Å². The molecule has 5 heteroatoms. The highest BCUT2D eigenvalue weighted by Crippen LogP contribution is 2.34. The van der Waals surface area contributed by atoms with Gasteiger partial charge in [-0.05, 0) is 37.5 Å². The number of hydrogen-bond acceptors (Lipinski definition) is 4. The Kier molecular flexibility index (Phi) is 4.59. The SMILES string of the molecule is CC(C)CC(C)(OC(=O)c1ccccc1)c1nc2cnc3ccccc3c2[nH]1. The topological polar surface area (TPSA) is 67.9 Å².